The highest BCUT2D eigenvalue weighted by atomic mass is 35.5. The Hall–Kier alpha value is -0.770. The van der Waals surface area contributed by atoms with Crippen molar-refractivity contribution in [3.63, 3.8) is 0 Å². The second-order valence-electron chi connectivity index (χ2n) is 3.18. The van der Waals surface area contributed by atoms with Crippen molar-refractivity contribution in [3.8, 4) is 5.75 Å². The molecule has 0 aromatic heterocycles. The van der Waals surface area contributed by atoms with Crippen molar-refractivity contribution in [2.24, 2.45) is 0 Å². The van der Waals surface area contributed by atoms with Crippen LogP contribution in [0.1, 0.15) is 11.9 Å². The largest absolute Gasteiger partial charge is 0.492 e. The molecule has 0 unspecified atom stereocenters. The summed E-state index contributed by atoms with van der Waals surface area (Å²) in [5, 5.41) is 0. The first-order chi connectivity index (χ1) is 7.40. The lowest BCUT2D eigenvalue weighted by Gasteiger charge is -2.10. The van der Waals surface area contributed by atoms with Gasteiger partial charge in [-0.1, -0.05) is 12.1 Å². The fourth-order valence-electron chi connectivity index (χ4n) is 1.43. The van der Waals surface area contributed by atoms with Gasteiger partial charge < -0.3 is 14.2 Å². The molecule has 0 amide bonds. The fourth-order valence-corrected chi connectivity index (χ4v) is 1.51. The van der Waals surface area contributed by atoms with Crippen LogP contribution in [0.3, 0.4) is 0 Å². The fraction of sp³-hybridized carbons (Fsp3) is 0.455. The van der Waals surface area contributed by atoms with Crippen LogP contribution in [0, 0.1) is 0 Å². The summed E-state index contributed by atoms with van der Waals surface area (Å²) in [5.41, 5.74) is 1.02. The van der Waals surface area contributed by atoms with Gasteiger partial charge in [0.15, 0.2) is 6.29 Å². The molecule has 82 valence electrons. The van der Waals surface area contributed by atoms with Gasteiger partial charge in [0.1, 0.15) is 12.4 Å². The summed E-state index contributed by atoms with van der Waals surface area (Å²) in [6.07, 6.45) is -0.216. The van der Waals surface area contributed by atoms with Crippen molar-refractivity contribution in [1.29, 1.82) is 0 Å². The summed E-state index contributed by atoms with van der Waals surface area (Å²) >= 11 is 5.52. The minimum absolute atomic E-state index is 0.216. The molecular weight excluding hydrogens is 216 g/mol. The number of halogens is 1. The van der Waals surface area contributed by atoms with Crippen LogP contribution in [-0.2, 0) is 9.47 Å². The summed E-state index contributed by atoms with van der Waals surface area (Å²) in [5.74, 6) is 1.31. The molecular formula is C11H13ClO3. The number of alkyl halides is 1. The van der Waals surface area contributed by atoms with E-state index in [4.69, 9.17) is 25.8 Å². The first kappa shape index (κ1) is 10.7. The molecule has 1 aromatic rings. The van der Waals surface area contributed by atoms with Gasteiger partial charge in [-0.15, -0.1) is 11.6 Å². The van der Waals surface area contributed by atoms with E-state index in [1.807, 2.05) is 24.3 Å². The third-order valence-electron chi connectivity index (χ3n) is 2.12. The Labute approximate surface area is 93.9 Å². The lowest BCUT2D eigenvalue weighted by molar-refractivity contribution is -0.0441. The molecule has 1 aliphatic rings. The van der Waals surface area contributed by atoms with Gasteiger partial charge in [0.05, 0.1) is 19.1 Å². The monoisotopic (exact) mass is 228 g/mol. The van der Waals surface area contributed by atoms with E-state index >= 15 is 0 Å². The lowest BCUT2D eigenvalue weighted by Crippen LogP contribution is -2.00. The van der Waals surface area contributed by atoms with Crippen molar-refractivity contribution in [2.75, 3.05) is 25.7 Å². The molecule has 1 aromatic carbocycles. The van der Waals surface area contributed by atoms with Crippen molar-refractivity contribution in [1.82, 2.24) is 0 Å². The third-order valence-corrected chi connectivity index (χ3v) is 2.27. The standard InChI is InChI=1S/C11H13ClO3/c12-5-6-13-10-3-1-9(2-4-10)11-14-7-8-15-11/h1-4,11H,5-8H2. The first-order valence-corrected chi connectivity index (χ1v) is 5.45. The van der Waals surface area contributed by atoms with Gasteiger partial charge >= 0.3 is 0 Å². The lowest BCUT2D eigenvalue weighted by atomic mass is 10.2. The first-order valence-electron chi connectivity index (χ1n) is 4.92. The Kier molecular flexibility index (Phi) is 3.83. The van der Waals surface area contributed by atoms with Gasteiger partial charge in [-0.2, -0.15) is 0 Å². The zero-order valence-electron chi connectivity index (χ0n) is 8.32. The number of ether oxygens (including phenoxy) is 3. The quantitative estimate of drug-likeness (QED) is 0.741. The molecule has 0 aliphatic carbocycles. The summed E-state index contributed by atoms with van der Waals surface area (Å²) < 4.78 is 16.1. The van der Waals surface area contributed by atoms with E-state index in [1.165, 1.54) is 0 Å². The van der Waals surface area contributed by atoms with Crippen molar-refractivity contribution in [3.05, 3.63) is 29.8 Å². The van der Waals surface area contributed by atoms with Gasteiger partial charge in [0.25, 0.3) is 0 Å². The summed E-state index contributed by atoms with van der Waals surface area (Å²) in [4.78, 5) is 0. The molecule has 1 saturated heterocycles. The van der Waals surface area contributed by atoms with Gasteiger partial charge in [0, 0.05) is 5.56 Å². The number of rotatable bonds is 4. The Balaban J connectivity index is 1.96. The highest BCUT2D eigenvalue weighted by molar-refractivity contribution is 6.17. The van der Waals surface area contributed by atoms with Crippen LogP contribution in [0.5, 0.6) is 5.75 Å². The summed E-state index contributed by atoms with van der Waals surface area (Å²) in [7, 11) is 0. The van der Waals surface area contributed by atoms with E-state index < -0.39 is 0 Å². The molecule has 0 spiro atoms. The highest BCUT2D eigenvalue weighted by Crippen LogP contribution is 2.24. The maximum atomic E-state index is 5.52. The van der Waals surface area contributed by atoms with Gasteiger partial charge in [-0.25, -0.2) is 0 Å². The van der Waals surface area contributed by atoms with Crippen LogP contribution in [0.2, 0.25) is 0 Å². The zero-order chi connectivity index (χ0) is 10.5. The van der Waals surface area contributed by atoms with E-state index in [-0.39, 0.29) is 6.29 Å². The second kappa shape index (κ2) is 5.35. The van der Waals surface area contributed by atoms with E-state index in [2.05, 4.69) is 0 Å². The van der Waals surface area contributed by atoms with Crippen LogP contribution in [0.4, 0.5) is 0 Å². The zero-order valence-corrected chi connectivity index (χ0v) is 9.07. The van der Waals surface area contributed by atoms with Crippen molar-refractivity contribution < 1.29 is 14.2 Å². The highest BCUT2D eigenvalue weighted by Gasteiger charge is 2.17. The molecule has 4 heteroatoms. The average molecular weight is 229 g/mol. The van der Waals surface area contributed by atoms with Crippen LogP contribution in [0.25, 0.3) is 0 Å². The number of benzene rings is 1. The Bertz CT molecular complexity index is 293. The topological polar surface area (TPSA) is 27.7 Å². The maximum absolute atomic E-state index is 5.52. The van der Waals surface area contributed by atoms with Crippen molar-refractivity contribution in [2.45, 2.75) is 6.29 Å². The molecule has 1 fully saturated rings. The molecule has 0 bridgehead atoms. The van der Waals surface area contributed by atoms with Crippen molar-refractivity contribution >= 4 is 11.6 Å². The Morgan fingerprint density at radius 1 is 1.20 bits per heavy atom. The SMILES string of the molecule is ClCCOc1ccc(C2OCCO2)cc1. The molecule has 0 atom stereocenters. The number of hydrogen-bond donors (Lipinski definition) is 0. The van der Waals surface area contributed by atoms with Crippen LogP contribution in [0.15, 0.2) is 24.3 Å². The smallest absolute Gasteiger partial charge is 0.184 e. The van der Waals surface area contributed by atoms with Crippen LogP contribution >= 0.6 is 11.6 Å². The molecule has 1 heterocycles. The molecule has 15 heavy (non-hydrogen) atoms. The minimum atomic E-state index is -0.216. The normalized spacial score (nSPS) is 16.9. The summed E-state index contributed by atoms with van der Waals surface area (Å²) in [6, 6.07) is 7.68. The summed E-state index contributed by atoms with van der Waals surface area (Å²) in [6.45, 7) is 1.85. The molecule has 0 N–H and O–H groups in total. The van der Waals surface area contributed by atoms with E-state index in [0.717, 1.165) is 11.3 Å². The third kappa shape index (κ3) is 2.84. The molecule has 0 saturated carbocycles. The average Bonchev–Trinajstić information content (AvgIpc) is 2.80. The molecule has 2 rings (SSSR count). The Morgan fingerprint density at radius 3 is 2.47 bits per heavy atom. The van der Waals surface area contributed by atoms with Crippen LogP contribution < -0.4 is 4.74 Å². The molecule has 1 aliphatic heterocycles. The Morgan fingerprint density at radius 2 is 1.87 bits per heavy atom. The van der Waals surface area contributed by atoms with Gasteiger partial charge in [0.2, 0.25) is 0 Å². The van der Waals surface area contributed by atoms with Gasteiger partial charge in [-0.3, -0.25) is 0 Å². The molecule has 0 radical (unpaired) electrons. The predicted molar refractivity (Wildman–Crippen MR) is 57.3 cm³/mol. The molecule has 3 nitrogen and oxygen atoms in total. The second-order valence-corrected chi connectivity index (χ2v) is 3.56. The van der Waals surface area contributed by atoms with E-state index in [0.29, 0.717) is 25.7 Å². The van der Waals surface area contributed by atoms with E-state index in [9.17, 15) is 0 Å². The maximum Gasteiger partial charge on any atom is 0.184 e. The predicted octanol–water partition coefficient (Wildman–Crippen LogP) is 2.35. The van der Waals surface area contributed by atoms with Gasteiger partial charge in [-0.05, 0) is 12.1 Å². The van der Waals surface area contributed by atoms with Crippen LogP contribution in [-0.4, -0.2) is 25.7 Å². The van der Waals surface area contributed by atoms with E-state index in [1.54, 1.807) is 0 Å². The minimum Gasteiger partial charge on any atom is -0.492 e. The number of hydrogen-bond acceptors (Lipinski definition) is 3.